The maximum absolute atomic E-state index is 12.2. The Kier molecular flexibility index (Phi) is 2.01. The van der Waals surface area contributed by atoms with Crippen molar-refractivity contribution >= 4 is 22.9 Å². The van der Waals surface area contributed by atoms with Crippen LogP contribution in [0.25, 0.3) is 0 Å². The van der Waals surface area contributed by atoms with Gasteiger partial charge in [0.15, 0.2) is 11.6 Å². The molecule has 1 aromatic rings. The van der Waals surface area contributed by atoms with Crippen LogP contribution in [-0.4, -0.2) is 11.6 Å². The molecule has 3 rings (SSSR count). The van der Waals surface area contributed by atoms with Crippen molar-refractivity contribution in [2.45, 2.75) is 0 Å². The Hall–Kier alpha value is -1.74. The molecule has 0 aliphatic heterocycles. The van der Waals surface area contributed by atoms with Crippen LogP contribution in [0, 0.1) is 5.92 Å². The van der Waals surface area contributed by atoms with Crippen LogP contribution in [0.4, 0.5) is 0 Å². The van der Waals surface area contributed by atoms with Crippen LogP contribution in [0.2, 0.25) is 0 Å². The normalized spacial score (nSPS) is 22.5. The lowest BCUT2D eigenvalue weighted by Crippen LogP contribution is -2.14. The number of hydrogen-bond donors (Lipinski definition) is 0. The molecule has 0 aromatic carbocycles. The van der Waals surface area contributed by atoms with Gasteiger partial charge in [-0.05, 0) is 23.1 Å². The van der Waals surface area contributed by atoms with E-state index in [1.54, 1.807) is 17.5 Å². The number of hydrogen-bond acceptors (Lipinski definition) is 3. The summed E-state index contributed by atoms with van der Waals surface area (Å²) in [7, 11) is 0. The Balaban J connectivity index is 2.23. The van der Waals surface area contributed by atoms with E-state index in [1.807, 2.05) is 24.3 Å². The summed E-state index contributed by atoms with van der Waals surface area (Å²) >= 11 is 1.33. The van der Waals surface area contributed by atoms with Gasteiger partial charge in [-0.2, -0.15) is 0 Å². The van der Waals surface area contributed by atoms with Crippen LogP contribution in [0.1, 0.15) is 20.0 Å². The molecule has 0 bridgehead atoms. The molecule has 0 saturated heterocycles. The van der Waals surface area contributed by atoms with Crippen molar-refractivity contribution in [2.24, 2.45) is 5.92 Å². The molecule has 3 heteroatoms. The molecule has 2 aliphatic rings. The van der Waals surface area contributed by atoms with E-state index in [9.17, 15) is 9.59 Å². The van der Waals surface area contributed by atoms with Crippen LogP contribution < -0.4 is 0 Å². The Labute approximate surface area is 96.6 Å². The summed E-state index contributed by atoms with van der Waals surface area (Å²) in [6.45, 7) is 0. The number of rotatable bonds is 0. The minimum atomic E-state index is -0.287. The molecule has 2 aliphatic carbocycles. The highest BCUT2D eigenvalue weighted by atomic mass is 32.1. The van der Waals surface area contributed by atoms with E-state index < -0.39 is 0 Å². The molecule has 0 N–H and O–H groups in total. The highest BCUT2D eigenvalue weighted by Gasteiger charge is 2.29. The van der Waals surface area contributed by atoms with Crippen molar-refractivity contribution in [1.82, 2.24) is 0 Å². The molecule has 0 radical (unpaired) electrons. The van der Waals surface area contributed by atoms with Crippen LogP contribution in [0.15, 0.2) is 47.4 Å². The highest BCUT2D eigenvalue weighted by Crippen LogP contribution is 2.31. The SMILES string of the molecule is O=C1C=C2C=CC=CC2C(=O)c2ccsc21. The number of ketones is 2. The standard InChI is InChI=1S/C13H8O2S/c14-11-7-8-3-1-2-4-9(8)12(15)10-5-6-16-13(10)11/h1-7,9H. The number of Topliss-reactive ketones (excluding diaryl/α,β-unsaturated/α-hetero) is 1. The van der Waals surface area contributed by atoms with Gasteiger partial charge in [0, 0.05) is 5.56 Å². The fraction of sp³-hybridized carbons (Fsp3) is 0.0769. The molecule has 0 saturated carbocycles. The molecule has 1 heterocycles. The maximum Gasteiger partial charge on any atom is 0.196 e. The van der Waals surface area contributed by atoms with Crippen molar-refractivity contribution in [1.29, 1.82) is 0 Å². The fourth-order valence-electron chi connectivity index (χ4n) is 2.01. The molecule has 0 amide bonds. The van der Waals surface area contributed by atoms with Gasteiger partial charge in [-0.15, -0.1) is 11.3 Å². The van der Waals surface area contributed by atoms with Crippen molar-refractivity contribution in [3.63, 3.8) is 0 Å². The van der Waals surface area contributed by atoms with E-state index in [2.05, 4.69) is 0 Å². The monoisotopic (exact) mass is 228 g/mol. The first-order chi connectivity index (χ1) is 7.77. The molecular formula is C13H8O2S. The number of carbonyl (C=O) groups is 2. The second-order valence-electron chi connectivity index (χ2n) is 3.76. The summed E-state index contributed by atoms with van der Waals surface area (Å²) in [6, 6.07) is 1.74. The first-order valence-corrected chi connectivity index (χ1v) is 5.88. The predicted octanol–water partition coefficient (Wildman–Crippen LogP) is 2.80. The highest BCUT2D eigenvalue weighted by molar-refractivity contribution is 7.12. The van der Waals surface area contributed by atoms with Crippen molar-refractivity contribution in [3.8, 4) is 0 Å². The van der Waals surface area contributed by atoms with Crippen molar-refractivity contribution < 1.29 is 9.59 Å². The fourth-order valence-corrected chi connectivity index (χ4v) is 2.82. The van der Waals surface area contributed by atoms with Gasteiger partial charge in [-0.25, -0.2) is 0 Å². The molecule has 0 spiro atoms. The smallest absolute Gasteiger partial charge is 0.196 e. The van der Waals surface area contributed by atoms with Gasteiger partial charge in [0.25, 0.3) is 0 Å². The molecule has 1 atom stereocenters. The van der Waals surface area contributed by atoms with Gasteiger partial charge >= 0.3 is 0 Å². The molecule has 1 unspecified atom stereocenters. The average Bonchev–Trinajstić information content (AvgIpc) is 2.74. The predicted molar refractivity (Wildman–Crippen MR) is 62.8 cm³/mol. The molecule has 0 fully saturated rings. The Morgan fingerprint density at radius 2 is 2.06 bits per heavy atom. The lowest BCUT2D eigenvalue weighted by Gasteiger charge is -2.12. The third-order valence-corrected chi connectivity index (χ3v) is 3.73. The summed E-state index contributed by atoms with van der Waals surface area (Å²) in [5, 5.41) is 1.79. The lowest BCUT2D eigenvalue weighted by atomic mass is 9.89. The number of fused-ring (bicyclic) bond motifs is 2. The minimum absolute atomic E-state index is 0.0222. The largest absolute Gasteiger partial charge is 0.293 e. The Morgan fingerprint density at radius 3 is 2.94 bits per heavy atom. The van der Waals surface area contributed by atoms with E-state index in [-0.39, 0.29) is 17.5 Å². The van der Waals surface area contributed by atoms with Gasteiger partial charge in [-0.1, -0.05) is 24.3 Å². The molecular weight excluding hydrogens is 220 g/mol. The van der Waals surface area contributed by atoms with Gasteiger partial charge in [-0.3, -0.25) is 9.59 Å². The molecule has 1 aromatic heterocycles. The van der Waals surface area contributed by atoms with Crippen molar-refractivity contribution in [2.75, 3.05) is 0 Å². The van der Waals surface area contributed by atoms with Crippen LogP contribution >= 0.6 is 11.3 Å². The number of carbonyl (C=O) groups excluding carboxylic acids is 2. The average molecular weight is 228 g/mol. The second-order valence-corrected chi connectivity index (χ2v) is 4.67. The topological polar surface area (TPSA) is 34.1 Å². The summed E-state index contributed by atoms with van der Waals surface area (Å²) in [4.78, 5) is 24.7. The third kappa shape index (κ3) is 1.25. The second kappa shape index (κ2) is 3.39. The van der Waals surface area contributed by atoms with Crippen LogP contribution in [0.3, 0.4) is 0 Å². The Morgan fingerprint density at radius 1 is 1.19 bits per heavy atom. The molecule has 78 valence electrons. The first-order valence-electron chi connectivity index (χ1n) is 5.00. The van der Waals surface area contributed by atoms with Crippen LogP contribution in [0.5, 0.6) is 0 Å². The molecule has 16 heavy (non-hydrogen) atoms. The van der Waals surface area contributed by atoms with Crippen LogP contribution in [-0.2, 0) is 0 Å². The zero-order valence-electron chi connectivity index (χ0n) is 8.34. The van der Waals surface area contributed by atoms with Gasteiger partial charge in [0.2, 0.25) is 0 Å². The van der Waals surface area contributed by atoms with E-state index in [1.165, 1.54) is 11.3 Å². The van der Waals surface area contributed by atoms with Gasteiger partial charge < -0.3 is 0 Å². The summed E-state index contributed by atoms with van der Waals surface area (Å²) < 4.78 is 0. The third-order valence-electron chi connectivity index (χ3n) is 2.80. The summed E-state index contributed by atoms with van der Waals surface area (Å²) in [5.74, 6) is -0.324. The molecule has 2 nitrogen and oxygen atoms in total. The van der Waals surface area contributed by atoms with E-state index in [0.29, 0.717) is 10.4 Å². The number of thiophene rings is 1. The van der Waals surface area contributed by atoms with Gasteiger partial charge in [0.05, 0.1) is 10.8 Å². The Bertz CT molecular complexity index is 573. The maximum atomic E-state index is 12.2. The van der Waals surface area contributed by atoms with E-state index >= 15 is 0 Å². The lowest BCUT2D eigenvalue weighted by molar-refractivity contribution is 0.0958. The minimum Gasteiger partial charge on any atom is -0.293 e. The van der Waals surface area contributed by atoms with E-state index in [0.717, 1.165) is 5.57 Å². The zero-order chi connectivity index (χ0) is 11.1. The first kappa shape index (κ1) is 9.48. The summed E-state index contributed by atoms with van der Waals surface area (Å²) in [6.07, 6.45) is 8.94. The summed E-state index contributed by atoms with van der Waals surface area (Å²) in [5.41, 5.74) is 1.35. The quantitative estimate of drug-likeness (QED) is 0.684. The van der Waals surface area contributed by atoms with Gasteiger partial charge in [0.1, 0.15) is 0 Å². The number of allylic oxidation sites excluding steroid dienone is 6. The zero-order valence-corrected chi connectivity index (χ0v) is 9.16. The van der Waals surface area contributed by atoms with E-state index in [4.69, 9.17) is 0 Å². The van der Waals surface area contributed by atoms with Crippen molar-refractivity contribution in [3.05, 3.63) is 57.8 Å².